The van der Waals surface area contributed by atoms with E-state index < -0.39 is 29.3 Å². The number of anilines is 1. The molecule has 0 spiro atoms. The predicted octanol–water partition coefficient (Wildman–Crippen LogP) is 6.76. The van der Waals surface area contributed by atoms with Gasteiger partial charge >= 0.3 is 5.97 Å². The Morgan fingerprint density at radius 3 is 2.24 bits per heavy atom. The van der Waals surface area contributed by atoms with Gasteiger partial charge in [0.2, 0.25) is 5.88 Å². The molecule has 2 aromatic heterocycles. The number of carboxylic acid groups (broad SMARTS) is 1. The zero-order valence-corrected chi connectivity index (χ0v) is 25.0. The Balaban J connectivity index is 1.61. The number of aryl methyl sites for hydroxylation is 1. The van der Waals surface area contributed by atoms with Crippen molar-refractivity contribution in [2.24, 2.45) is 5.41 Å². The normalized spacial score (nSPS) is 15.8. The number of carbonyl (C=O) groups is 1. The number of aromatic nitrogens is 2. The van der Waals surface area contributed by atoms with Crippen LogP contribution in [0.4, 0.5) is 14.5 Å². The predicted molar refractivity (Wildman–Crippen MR) is 156 cm³/mol. The number of hydrogen-bond donors (Lipinski definition) is 1. The van der Waals surface area contributed by atoms with Gasteiger partial charge in [0, 0.05) is 72.1 Å². The van der Waals surface area contributed by atoms with Crippen molar-refractivity contribution in [3.8, 4) is 22.8 Å². The molecule has 1 aliphatic rings. The lowest BCUT2D eigenvalue weighted by Gasteiger charge is -2.40. The molecule has 226 valence electrons. The zero-order valence-electron chi connectivity index (χ0n) is 25.0. The molecule has 1 aromatic carbocycles. The third-order valence-corrected chi connectivity index (χ3v) is 7.16. The summed E-state index contributed by atoms with van der Waals surface area (Å²) in [5.74, 6) is -2.09. The van der Waals surface area contributed by atoms with E-state index in [0.29, 0.717) is 17.1 Å². The highest BCUT2D eigenvalue weighted by Gasteiger charge is 2.35. The molecular formula is C32H39F2N3O5. The largest absolute Gasteiger partial charge is 0.490 e. The van der Waals surface area contributed by atoms with Crippen LogP contribution in [0.2, 0.25) is 0 Å². The van der Waals surface area contributed by atoms with Crippen LogP contribution in [0.5, 0.6) is 11.6 Å². The topological polar surface area (TPSA) is 94.0 Å². The van der Waals surface area contributed by atoms with Crippen LogP contribution in [0.3, 0.4) is 0 Å². The third-order valence-electron chi connectivity index (χ3n) is 7.16. The number of aliphatic carboxylic acids is 1. The minimum atomic E-state index is -1.20. The Morgan fingerprint density at radius 1 is 1.02 bits per heavy atom. The zero-order chi connectivity index (χ0) is 30.7. The molecule has 0 saturated carbocycles. The van der Waals surface area contributed by atoms with Crippen LogP contribution in [0.25, 0.3) is 11.1 Å². The minimum Gasteiger partial charge on any atom is -0.490 e. The lowest BCUT2D eigenvalue weighted by Crippen LogP contribution is -2.39. The summed E-state index contributed by atoms with van der Waals surface area (Å²) in [6.07, 6.45) is 4.13. The summed E-state index contributed by atoms with van der Waals surface area (Å²) in [4.78, 5) is 23.8. The fraction of sp³-hybridized carbons (Fsp3) is 0.469. The van der Waals surface area contributed by atoms with E-state index in [4.69, 9.17) is 14.2 Å². The Kier molecular flexibility index (Phi) is 9.35. The van der Waals surface area contributed by atoms with Gasteiger partial charge in [-0.15, -0.1) is 0 Å². The molecule has 0 radical (unpaired) electrons. The molecule has 1 atom stereocenters. The van der Waals surface area contributed by atoms with Crippen LogP contribution in [-0.2, 0) is 9.53 Å². The monoisotopic (exact) mass is 583 g/mol. The van der Waals surface area contributed by atoms with Crippen LogP contribution in [-0.4, -0.2) is 52.9 Å². The molecule has 0 unspecified atom stereocenters. The van der Waals surface area contributed by atoms with Gasteiger partial charge in [-0.1, -0.05) is 13.8 Å². The Hall–Kier alpha value is -3.79. The highest BCUT2D eigenvalue weighted by atomic mass is 19.1. The summed E-state index contributed by atoms with van der Waals surface area (Å²) in [5.41, 5.74) is 2.94. The number of nitrogens with zero attached hydrogens (tertiary/aromatic N) is 3. The first-order chi connectivity index (χ1) is 19.7. The molecule has 1 saturated heterocycles. The minimum absolute atomic E-state index is 0.0668. The van der Waals surface area contributed by atoms with Gasteiger partial charge in [-0.2, -0.15) is 0 Å². The van der Waals surface area contributed by atoms with Crippen molar-refractivity contribution >= 4 is 11.7 Å². The van der Waals surface area contributed by atoms with E-state index in [2.05, 4.69) is 28.7 Å². The number of hydrogen-bond acceptors (Lipinski definition) is 7. The second-order valence-corrected chi connectivity index (χ2v) is 12.3. The molecule has 0 bridgehead atoms. The molecule has 1 aliphatic heterocycles. The van der Waals surface area contributed by atoms with E-state index in [-0.39, 0.29) is 24.4 Å². The summed E-state index contributed by atoms with van der Waals surface area (Å²) in [6, 6.07) is 6.53. The van der Waals surface area contributed by atoms with Crippen molar-refractivity contribution in [3.63, 3.8) is 0 Å². The first-order valence-electron chi connectivity index (χ1n) is 14.1. The maximum atomic E-state index is 13.4. The van der Waals surface area contributed by atoms with E-state index in [1.165, 1.54) is 0 Å². The molecule has 8 nitrogen and oxygen atoms in total. The SMILES string of the molecule is Cc1ncc(-c2ccc(OCCOc3cc(F)cc(F)c3)nc2)c(N2CCC(C)(C)CC2)c1[C@H](OC(C)(C)C)C(=O)O. The van der Waals surface area contributed by atoms with Gasteiger partial charge < -0.3 is 24.2 Å². The van der Waals surface area contributed by atoms with Crippen LogP contribution in [0.1, 0.15) is 64.8 Å². The Morgan fingerprint density at radius 2 is 1.67 bits per heavy atom. The van der Waals surface area contributed by atoms with Gasteiger partial charge in [0.1, 0.15) is 30.6 Å². The molecule has 3 heterocycles. The fourth-order valence-corrected chi connectivity index (χ4v) is 4.94. The van der Waals surface area contributed by atoms with E-state index >= 15 is 0 Å². The molecule has 0 aliphatic carbocycles. The number of ether oxygens (including phenoxy) is 3. The van der Waals surface area contributed by atoms with Crippen molar-refractivity contribution in [1.82, 2.24) is 9.97 Å². The average molecular weight is 584 g/mol. The summed E-state index contributed by atoms with van der Waals surface area (Å²) in [5, 5.41) is 10.3. The molecular weight excluding hydrogens is 544 g/mol. The second kappa shape index (κ2) is 12.6. The van der Waals surface area contributed by atoms with Crippen molar-refractivity contribution in [3.05, 3.63) is 65.6 Å². The molecule has 1 N–H and O–H groups in total. The van der Waals surface area contributed by atoms with Crippen LogP contribution in [0.15, 0.2) is 42.7 Å². The van der Waals surface area contributed by atoms with Crippen LogP contribution < -0.4 is 14.4 Å². The number of carboxylic acids is 1. The van der Waals surface area contributed by atoms with Crippen molar-refractivity contribution in [2.75, 3.05) is 31.2 Å². The highest BCUT2D eigenvalue weighted by Crippen LogP contribution is 2.43. The number of piperidine rings is 1. The molecule has 42 heavy (non-hydrogen) atoms. The first kappa shape index (κ1) is 31.2. The van der Waals surface area contributed by atoms with Gasteiger partial charge in [-0.25, -0.2) is 18.6 Å². The van der Waals surface area contributed by atoms with Gasteiger partial charge in [0.15, 0.2) is 6.10 Å². The summed E-state index contributed by atoms with van der Waals surface area (Å²) in [7, 11) is 0. The number of rotatable bonds is 10. The maximum Gasteiger partial charge on any atom is 0.337 e. The van der Waals surface area contributed by atoms with Gasteiger partial charge in [0.25, 0.3) is 0 Å². The first-order valence-corrected chi connectivity index (χ1v) is 14.1. The smallest absolute Gasteiger partial charge is 0.337 e. The summed E-state index contributed by atoms with van der Waals surface area (Å²) in [6.45, 7) is 13.5. The molecule has 4 rings (SSSR count). The number of benzene rings is 1. The highest BCUT2D eigenvalue weighted by molar-refractivity contribution is 5.86. The third kappa shape index (κ3) is 7.94. The van der Waals surface area contributed by atoms with Gasteiger partial charge in [0.05, 0.1) is 11.3 Å². The lowest BCUT2D eigenvalue weighted by molar-refractivity contribution is -0.160. The van der Waals surface area contributed by atoms with Crippen molar-refractivity contribution < 1.29 is 32.9 Å². The van der Waals surface area contributed by atoms with Crippen LogP contribution >= 0.6 is 0 Å². The number of halogens is 2. The molecule has 3 aromatic rings. The second-order valence-electron chi connectivity index (χ2n) is 12.3. The number of pyridine rings is 2. The molecule has 0 amide bonds. The van der Waals surface area contributed by atoms with Crippen molar-refractivity contribution in [1.29, 1.82) is 0 Å². The maximum absolute atomic E-state index is 13.4. The van der Waals surface area contributed by atoms with E-state index in [0.717, 1.165) is 60.9 Å². The van der Waals surface area contributed by atoms with Crippen LogP contribution in [0, 0.1) is 24.0 Å². The van der Waals surface area contributed by atoms with E-state index in [1.807, 2.05) is 33.8 Å². The molecule has 10 heteroatoms. The van der Waals surface area contributed by atoms with Gasteiger partial charge in [-0.3, -0.25) is 4.98 Å². The fourth-order valence-electron chi connectivity index (χ4n) is 4.94. The quantitative estimate of drug-likeness (QED) is 0.262. The van der Waals surface area contributed by atoms with Crippen molar-refractivity contribution in [2.45, 2.75) is 66.1 Å². The lowest BCUT2D eigenvalue weighted by atomic mass is 9.82. The Bertz CT molecular complexity index is 1380. The Labute approximate surface area is 245 Å². The van der Waals surface area contributed by atoms with E-state index in [9.17, 15) is 18.7 Å². The van der Waals surface area contributed by atoms with E-state index in [1.54, 1.807) is 18.5 Å². The standard InChI is InChI=1S/C32H39F2N3O5/c1-20-27(29(30(38)39)42-31(2,3)4)28(37-11-9-32(5,6)10-12-37)25(19-35-20)21-7-8-26(36-18-21)41-14-13-40-24-16-22(33)15-23(34)17-24/h7-8,15-19,29H,9-14H2,1-6H3,(H,38,39)/t29-/m0/s1. The summed E-state index contributed by atoms with van der Waals surface area (Å²) >= 11 is 0. The molecule has 1 fully saturated rings. The summed E-state index contributed by atoms with van der Waals surface area (Å²) < 4.78 is 43.9. The van der Waals surface area contributed by atoms with Gasteiger partial charge in [-0.05, 0) is 52.0 Å². The average Bonchev–Trinajstić information content (AvgIpc) is 2.89.